The Balaban J connectivity index is 2.14. The van der Waals surface area contributed by atoms with Gasteiger partial charge >= 0.3 is 0 Å². The second kappa shape index (κ2) is 4.51. The van der Waals surface area contributed by atoms with Crippen LogP contribution in [0.2, 0.25) is 0 Å². The minimum atomic E-state index is -1.06. The average Bonchev–Trinajstić information content (AvgIpc) is 2.83. The molecule has 9 heteroatoms. The number of nitrogens with zero attached hydrogens (tertiary/aromatic N) is 4. The van der Waals surface area contributed by atoms with E-state index >= 15 is 0 Å². The first-order valence-corrected chi connectivity index (χ1v) is 6.74. The Bertz CT molecular complexity index is 633. The minimum absolute atomic E-state index is 0.321. The van der Waals surface area contributed by atoms with Gasteiger partial charge in [-0.2, -0.15) is 5.10 Å². The average molecular weight is 377 g/mol. The standard InChI is InChI=1S/C10H12IN5O3/c1-3-5(17)6(18)10(19-3)16-9-4(7(11)15-16)8(12)13-2-14-9/h2-3,5-6,10,17-18H,1H3,(H2,12,13,14)/t3-,5+,6+,10+/m0/s1. The molecule has 8 nitrogen and oxygen atoms in total. The number of halogens is 1. The number of nitrogen functional groups attached to an aromatic ring is 1. The lowest BCUT2D eigenvalue weighted by Crippen LogP contribution is -2.30. The van der Waals surface area contributed by atoms with Crippen molar-refractivity contribution < 1.29 is 14.9 Å². The van der Waals surface area contributed by atoms with E-state index in [0.29, 0.717) is 20.6 Å². The number of ether oxygens (including phenoxy) is 1. The van der Waals surface area contributed by atoms with Crippen LogP contribution in [0, 0.1) is 3.70 Å². The zero-order chi connectivity index (χ0) is 13.7. The molecule has 1 aliphatic heterocycles. The number of nitrogens with two attached hydrogens (primary N) is 1. The van der Waals surface area contributed by atoms with Crippen molar-refractivity contribution in [1.29, 1.82) is 0 Å². The van der Waals surface area contributed by atoms with Gasteiger partial charge in [-0.1, -0.05) is 0 Å². The number of anilines is 1. The van der Waals surface area contributed by atoms with Crippen molar-refractivity contribution in [2.75, 3.05) is 5.73 Å². The van der Waals surface area contributed by atoms with Crippen LogP contribution in [-0.2, 0) is 4.74 Å². The predicted molar refractivity (Wildman–Crippen MR) is 74.0 cm³/mol. The SMILES string of the molecule is C[C@@H]1O[C@@H](n2nc(I)c3c(N)ncnc32)[C@H](O)[C@@H]1O. The van der Waals surface area contributed by atoms with Crippen molar-refractivity contribution in [2.45, 2.75) is 31.5 Å². The second-order valence-corrected chi connectivity index (χ2v) is 5.43. The number of aliphatic hydroxyl groups excluding tert-OH is 2. The molecule has 2 aromatic heterocycles. The smallest absolute Gasteiger partial charge is 0.181 e. The van der Waals surface area contributed by atoms with Gasteiger partial charge in [0.05, 0.1) is 11.5 Å². The van der Waals surface area contributed by atoms with Gasteiger partial charge in [0.1, 0.15) is 28.1 Å². The highest BCUT2D eigenvalue weighted by molar-refractivity contribution is 14.1. The normalized spacial score (nSPS) is 31.2. The molecule has 3 heterocycles. The molecule has 0 amide bonds. The predicted octanol–water partition coefficient (Wildman–Crippen LogP) is -0.348. The highest BCUT2D eigenvalue weighted by Crippen LogP contribution is 2.32. The quantitative estimate of drug-likeness (QED) is 0.582. The van der Waals surface area contributed by atoms with Gasteiger partial charge in [0.25, 0.3) is 0 Å². The molecule has 0 spiro atoms. The highest BCUT2D eigenvalue weighted by atomic mass is 127. The maximum Gasteiger partial charge on any atom is 0.181 e. The molecule has 0 aliphatic carbocycles. The first-order chi connectivity index (χ1) is 9.00. The molecule has 0 radical (unpaired) electrons. The van der Waals surface area contributed by atoms with Crippen molar-refractivity contribution in [3.8, 4) is 0 Å². The van der Waals surface area contributed by atoms with Crippen molar-refractivity contribution in [3.63, 3.8) is 0 Å². The largest absolute Gasteiger partial charge is 0.388 e. The summed E-state index contributed by atoms with van der Waals surface area (Å²) in [6, 6.07) is 0. The molecular formula is C10H12IN5O3. The summed E-state index contributed by atoms with van der Waals surface area (Å²) in [6.45, 7) is 1.69. The fourth-order valence-electron chi connectivity index (χ4n) is 2.16. The van der Waals surface area contributed by atoms with Crippen LogP contribution in [0.1, 0.15) is 13.2 Å². The maximum absolute atomic E-state index is 10.0. The van der Waals surface area contributed by atoms with Crippen LogP contribution in [-0.4, -0.2) is 48.3 Å². The highest BCUT2D eigenvalue weighted by Gasteiger charge is 2.42. The van der Waals surface area contributed by atoms with Gasteiger partial charge in [0.2, 0.25) is 0 Å². The molecule has 0 unspecified atom stereocenters. The first kappa shape index (κ1) is 13.0. The number of aliphatic hydroxyl groups is 2. The molecule has 4 atom stereocenters. The van der Waals surface area contributed by atoms with Crippen LogP contribution in [0.25, 0.3) is 11.0 Å². The molecule has 0 saturated carbocycles. The van der Waals surface area contributed by atoms with E-state index < -0.39 is 24.5 Å². The van der Waals surface area contributed by atoms with Gasteiger partial charge in [-0.25, -0.2) is 14.6 Å². The van der Waals surface area contributed by atoms with Gasteiger partial charge in [-0.05, 0) is 29.5 Å². The van der Waals surface area contributed by atoms with E-state index in [1.165, 1.54) is 11.0 Å². The number of hydrogen-bond donors (Lipinski definition) is 3. The third kappa shape index (κ3) is 1.88. The first-order valence-electron chi connectivity index (χ1n) is 5.66. The number of hydrogen-bond acceptors (Lipinski definition) is 7. The van der Waals surface area contributed by atoms with Gasteiger partial charge in [0, 0.05) is 0 Å². The fourth-order valence-corrected chi connectivity index (χ4v) is 2.91. The summed E-state index contributed by atoms with van der Waals surface area (Å²) >= 11 is 2.02. The van der Waals surface area contributed by atoms with Crippen LogP contribution in [0.5, 0.6) is 0 Å². The van der Waals surface area contributed by atoms with E-state index in [0.717, 1.165) is 0 Å². The Kier molecular flexibility index (Phi) is 3.08. The van der Waals surface area contributed by atoms with Gasteiger partial charge in [-0.3, -0.25) is 0 Å². The van der Waals surface area contributed by atoms with E-state index in [1.807, 2.05) is 22.6 Å². The zero-order valence-electron chi connectivity index (χ0n) is 9.93. The second-order valence-electron chi connectivity index (χ2n) is 4.41. The van der Waals surface area contributed by atoms with Crippen molar-refractivity contribution in [1.82, 2.24) is 19.7 Å². The van der Waals surface area contributed by atoms with Crippen LogP contribution in [0.15, 0.2) is 6.33 Å². The summed E-state index contributed by atoms with van der Waals surface area (Å²) in [7, 11) is 0. The summed E-state index contributed by atoms with van der Waals surface area (Å²) in [5.74, 6) is 0.321. The number of rotatable bonds is 1. The lowest BCUT2D eigenvalue weighted by atomic mass is 10.1. The Hall–Kier alpha value is -1.04. The van der Waals surface area contributed by atoms with Crippen molar-refractivity contribution in [3.05, 3.63) is 10.0 Å². The molecule has 0 bridgehead atoms. The van der Waals surface area contributed by atoms with E-state index in [1.54, 1.807) is 6.92 Å². The topological polar surface area (TPSA) is 119 Å². The third-order valence-electron chi connectivity index (χ3n) is 3.19. The summed E-state index contributed by atoms with van der Waals surface area (Å²) in [6.07, 6.45) is -1.96. The van der Waals surface area contributed by atoms with Crippen LogP contribution in [0.3, 0.4) is 0 Å². The molecule has 4 N–H and O–H groups in total. The van der Waals surface area contributed by atoms with Gasteiger partial charge in [-0.15, -0.1) is 0 Å². The van der Waals surface area contributed by atoms with Crippen LogP contribution >= 0.6 is 22.6 Å². The zero-order valence-corrected chi connectivity index (χ0v) is 12.1. The lowest BCUT2D eigenvalue weighted by molar-refractivity contribution is -0.0374. The maximum atomic E-state index is 10.0. The fraction of sp³-hybridized carbons (Fsp3) is 0.500. The minimum Gasteiger partial charge on any atom is -0.388 e. The monoisotopic (exact) mass is 377 g/mol. The molecule has 1 saturated heterocycles. The van der Waals surface area contributed by atoms with Gasteiger partial charge in [0.15, 0.2) is 11.9 Å². The molecule has 2 aromatic rings. The molecule has 0 aromatic carbocycles. The molecular weight excluding hydrogens is 365 g/mol. The van der Waals surface area contributed by atoms with Crippen LogP contribution < -0.4 is 5.73 Å². The number of fused-ring (bicyclic) bond motifs is 1. The molecule has 1 fully saturated rings. The van der Waals surface area contributed by atoms with Gasteiger partial charge < -0.3 is 20.7 Å². The number of aromatic nitrogens is 4. The van der Waals surface area contributed by atoms with E-state index in [2.05, 4.69) is 15.1 Å². The lowest BCUT2D eigenvalue weighted by Gasteiger charge is -2.15. The van der Waals surface area contributed by atoms with Crippen molar-refractivity contribution in [2.24, 2.45) is 0 Å². The Morgan fingerprint density at radius 3 is 2.74 bits per heavy atom. The van der Waals surface area contributed by atoms with E-state index in [-0.39, 0.29) is 0 Å². The molecule has 102 valence electrons. The van der Waals surface area contributed by atoms with Crippen molar-refractivity contribution >= 4 is 39.4 Å². The van der Waals surface area contributed by atoms with E-state index in [4.69, 9.17) is 10.5 Å². The molecule has 1 aliphatic rings. The Morgan fingerprint density at radius 2 is 2.11 bits per heavy atom. The third-order valence-corrected chi connectivity index (χ3v) is 3.95. The Morgan fingerprint density at radius 1 is 1.37 bits per heavy atom. The molecule has 19 heavy (non-hydrogen) atoms. The summed E-state index contributed by atoms with van der Waals surface area (Å²) in [5.41, 5.74) is 6.27. The summed E-state index contributed by atoms with van der Waals surface area (Å²) in [5, 5.41) is 24.7. The summed E-state index contributed by atoms with van der Waals surface area (Å²) in [4.78, 5) is 8.04. The molecule has 3 rings (SSSR count). The van der Waals surface area contributed by atoms with Crippen LogP contribution in [0.4, 0.5) is 5.82 Å². The summed E-state index contributed by atoms with van der Waals surface area (Å²) < 4.78 is 7.59. The Labute approximate surface area is 121 Å². The van der Waals surface area contributed by atoms with E-state index in [9.17, 15) is 10.2 Å².